The third-order valence-electron chi connectivity index (χ3n) is 3.62. The highest BCUT2D eigenvalue weighted by atomic mass is 16.1. The first kappa shape index (κ1) is 13.5. The lowest BCUT2D eigenvalue weighted by Gasteiger charge is -2.15. The summed E-state index contributed by atoms with van der Waals surface area (Å²) in [5, 5.41) is 0.657. The van der Waals surface area contributed by atoms with Crippen LogP contribution in [0.15, 0.2) is 53.6 Å². The molecule has 4 heteroatoms. The Morgan fingerprint density at radius 1 is 1.14 bits per heavy atom. The predicted octanol–water partition coefficient (Wildman–Crippen LogP) is 2.90. The minimum Gasteiger partial charge on any atom is -0.295 e. The number of hydrogen-bond donors (Lipinski definition) is 0. The molecule has 0 aliphatic rings. The third-order valence-corrected chi connectivity index (χ3v) is 3.62. The van der Waals surface area contributed by atoms with E-state index in [2.05, 4.69) is 9.97 Å². The Hall–Kier alpha value is -2.49. The number of aromatic nitrogens is 3. The molecule has 0 spiro atoms. The topological polar surface area (TPSA) is 47.8 Å². The van der Waals surface area contributed by atoms with Gasteiger partial charge in [-0.05, 0) is 38.1 Å². The van der Waals surface area contributed by atoms with Crippen molar-refractivity contribution in [2.45, 2.75) is 26.3 Å². The normalized spacial score (nSPS) is 12.5. The van der Waals surface area contributed by atoms with E-state index < -0.39 is 0 Å². The molecule has 0 saturated heterocycles. The van der Waals surface area contributed by atoms with Gasteiger partial charge in [0.25, 0.3) is 5.56 Å². The smallest absolute Gasteiger partial charge is 0.261 e. The van der Waals surface area contributed by atoms with E-state index in [0.29, 0.717) is 11.8 Å². The summed E-state index contributed by atoms with van der Waals surface area (Å²) in [6, 6.07) is 13.4. The van der Waals surface area contributed by atoms with Crippen molar-refractivity contribution < 1.29 is 0 Å². The highest BCUT2D eigenvalue weighted by molar-refractivity contribution is 5.76. The van der Waals surface area contributed by atoms with Crippen molar-refractivity contribution in [3.05, 3.63) is 70.5 Å². The van der Waals surface area contributed by atoms with Gasteiger partial charge in [0, 0.05) is 23.9 Å². The fourth-order valence-corrected chi connectivity index (χ4v) is 2.51. The number of para-hydroxylation sites is 1. The molecule has 2 aromatic heterocycles. The largest absolute Gasteiger partial charge is 0.295 e. The molecule has 21 heavy (non-hydrogen) atoms. The lowest BCUT2D eigenvalue weighted by Crippen LogP contribution is -2.25. The van der Waals surface area contributed by atoms with Crippen LogP contribution in [0.25, 0.3) is 10.9 Å². The molecule has 3 rings (SSSR count). The Kier molecular flexibility index (Phi) is 3.52. The highest BCUT2D eigenvalue weighted by Crippen LogP contribution is 2.12. The van der Waals surface area contributed by atoms with Crippen molar-refractivity contribution in [3.8, 4) is 0 Å². The molecule has 0 fully saturated rings. The molecular weight excluding hydrogens is 262 g/mol. The lowest BCUT2D eigenvalue weighted by molar-refractivity contribution is 0.517. The average Bonchev–Trinajstić information content (AvgIpc) is 2.48. The maximum Gasteiger partial charge on any atom is 0.261 e. The van der Waals surface area contributed by atoms with E-state index in [1.165, 1.54) is 0 Å². The van der Waals surface area contributed by atoms with Crippen molar-refractivity contribution in [1.82, 2.24) is 14.5 Å². The van der Waals surface area contributed by atoms with Gasteiger partial charge in [-0.15, -0.1) is 0 Å². The zero-order chi connectivity index (χ0) is 14.8. The van der Waals surface area contributed by atoms with Gasteiger partial charge in [-0.25, -0.2) is 4.98 Å². The van der Waals surface area contributed by atoms with Gasteiger partial charge in [0.15, 0.2) is 0 Å². The van der Waals surface area contributed by atoms with Gasteiger partial charge in [0.05, 0.1) is 17.2 Å². The molecule has 0 N–H and O–H groups in total. The van der Waals surface area contributed by atoms with E-state index in [1.807, 2.05) is 56.3 Å². The molecular formula is C17H17N3O. The zero-order valence-corrected chi connectivity index (χ0v) is 12.2. The lowest BCUT2D eigenvalue weighted by atomic mass is 10.1. The predicted molar refractivity (Wildman–Crippen MR) is 83.4 cm³/mol. The molecule has 0 saturated carbocycles. The van der Waals surface area contributed by atoms with Gasteiger partial charge in [0.1, 0.15) is 0 Å². The van der Waals surface area contributed by atoms with Crippen LogP contribution in [0.5, 0.6) is 0 Å². The molecule has 1 aromatic carbocycles. The Morgan fingerprint density at radius 2 is 1.95 bits per heavy atom. The molecule has 0 unspecified atom stereocenters. The summed E-state index contributed by atoms with van der Waals surface area (Å²) in [5.74, 6) is 0. The highest BCUT2D eigenvalue weighted by Gasteiger charge is 2.11. The van der Waals surface area contributed by atoms with Gasteiger partial charge in [-0.2, -0.15) is 0 Å². The summed E-state index contributed by atoms with van der Waals surface area (Å²) in [4.78, 5) is 21.4. The Morgan fingerprint density at radius 3 is 2.76 bits per heavy atom. The van der Waals surface area contributed by atoms with Crippen LogP contribution in [-0.4, -0.2) is 14.5 Å². The quantitative estimate of drug-likeness (QED) is 0.740. The van der Waals surface area contributed by atoms with Gasteiger partial charge in [0.2, 0.25) is 0 Å². The summed E-state index contributed by atoms with van der Waals surface area (Å²) in [5.41, 5.74) is 2.71. The first-order chi connectivity index (χ1) is 10.1. The van der Waals surface area contributed by atoms with Crippen LogP contribution < -0.4 is 5.56 Å². The van der Waals surface area contributed by atoms with E-state index in [0.717, 1.165) is 16.9 Å². The van der Waals surface area contributed by atoms with Crippen LogP contribution in [-0.2, 0) is 6.42 Å². The van der Waals surface area contributed by atoms with Crippen LogP contribution in [0.1, 0.15) is 24.4 Å². The summed E-state index contributed by atoms with van der Waals surface area (Å²) in [6.07, 6.45) is 2.34. The second kappa shape index (κ2) is 5.48. The van der Waals surface area contributed by atoms with E-state index in [4.69, 9.17) is 0 Å². The second-order valence-corrected chi connectivity index (χ2v) is 5.30. The first-order valence-corrected chi connectivity index (χ1v) is 7.03. The number of pyridine rings is 1. The number of nitrogens with zero attached hydrogens (tertiary/aromatic N) is 3. The molecule has 4 nitrogen and oxygen atoms in total. The van der Waals surface area contributed by atoms with Gasteiger partial charge in [-0.1, -0.05) is 18.2 Å². The standard InChI is InChI=1S/C17H17N3O/c1-12-6-5-7-14(19-12)10-13(2)20-11-18-16-9-4-3-8-15(16)17(20)21/h3-9,11,13H,10H2,1-2H3/t13-/m1/s1. The minimum atomic E-state index is 0.000697. The summed E-state index contributed by atoms with van der Waals surface area (Å²) in [6.45, 7) is 3.99. The molecule has 106 valence electrons. The van der Waals surface area contributed by atoms with Gasteiger partial charge >= 0.3 is 0 Å². The summed E-state index contributed by atoms with van der Waals surface area (Å²) in [7, 11) is 0. The molecule has 1 atom stereocenters. The summed E-state index contributed by atoms with van der Waals surface area (Å²) >= 11 is 0. The van der Waals surface area contributed by atoms with E-state index in [1.54, 1.807) is 10.9 Å². The molecule has 0 amide bonds. The molecule has 3 aromatic rings. The maximum absolute atomic E-state index is 12.5. The first-order valence-electron chi connectivity index (χ1n) is 7.03. The monoisotopic (exact) mass is 279 g/mol. The van der Waals surface area contributed by atoms with E-state index >= 15 is 0 Å². The van der Waals surface area contributed by atoms with Gasteiger partial charge in [-0.3, -0.25) is 14.3 Å². The molecule has 2 heterocycles. The van der Waals surface area contributed by atoms with Crippen molar-refractivity contribution in [2.24, 2.45) is 0 Å². The van der Waals surface area contributed by atoms with Crippen LogP contribution in [0.2, 0.25) is 0 Å². The van der Waals surface area contributed by atoms with E-state index in [-0.39, 0.29) is 11.6 Å². The van der Waals surface area contributed by atoms with E-state index in [9.17, 15) is 4.79 Å². The molecule has 0 aliphatic heterocycles. The molecule has 0 bridgehead atoms. The van der Waals surface area contributed by atoms with Crippen LogP contribution in [0, 0.1) is 6.92 Å². The van der Waals surface area contributed by atoms with Crippen molar-refractivity contribution in [3.63, 3.8) is 0 Å². The third kappa shape index (κ3) is 2.70. The zero-order valence-electron chi connectivity index (χ0n) is 12.2. The fourth-order valence-electron chi connectivity index (χ4n) is 2.51. The number of rotatable bonds is 3. The Labute approximate surface area is 123 Å². The van der Waals surface area contributed by atoms with Crippen molar-refractivity contribution in [1.29, 1.82) is 0 Å². The number of aryl methyl sites for hydroxylation is 1. The molecule has 0 aliphatic carbocycles. The van der Waals surface area contributed by atoms with Crippen LogP contribution in [0.4, 0.5) is 0 Å². The second-order valence-electron chi connectivity index (χ2n) is 5.30. The SMILES string of the molecule is Cc1cccc(C[C@@H](C)n2cnc3ccccc3c2=O)n1. The Bertz CT molecular complexity index is 839. The Balaban J connectivity index is 1.96. The van der Waals surface area contributed by atoms with Crippen LogP contribution >= 0.6 is 0 Å². The fraction of sp³-hybridized carbons (Fsp3) is 0.235. The van der Waals surface area contributed by atoms with Crippen LogP contribution in [0.3, 0.4) is 0 Å². The number of fused-ring (bicyclic) bond motifs is 1. The van der Waals surface area contributed by atoms with Gasteiger partial charge < -0.3 is 0 Å². The average molecular weight is 279 g/mol. The van der Waals surface area contributed by atoms with Crippen molar-refractivity contribution in [2.75, 3.05) is 0 Å². The molecule has 0 radical (unpaired) electrons. The van der Waals surface area contributed by atoms with Crippen molar-refractivity contribution >= 4 is 10.9 Å². The maximum atomic E-state index is 12.5. The summed E-state index contributed by atoms with van der Waals surface area (Å²) < 4.78 is 1.69. The number of benzene rings is 1. The number of hydrogen-bond acceptors (Lipinski definition) is 3. The minimum absolute atomic E-state index is 0.000697.